The number of aryl methyl sites for hydroxylation is 2. The highest BCUT2D eigenvalue weighted by Crippen LogP contribution is 2.25. The number of hydrogen-bond donors (Lipinski definition) is 2. The molecule has 0 saturated heterocycles. The summed E-state index contributed by atoms with van der Waals surface area (Å²) in [5, 5.41) is 2.89. The van der Waals surface area contributed by atoms with Crippen LogP contribution >= 0.6 is 11.8 Å². The minimum Gasteiger partial charge on any atom is -0.397 e. The number of thioether (sulfide) groups is 1. The van der Waals surface area contributed by atoms with E-state index in [0.717, 1.165) is 16.0 Å². The topological polar surface area (TPSA) is 55.1 Å². The fourth-order valence-corrected chi connectivity index (χ4v) is 2.56. The predicted molar refractivity (Wildman–Crippen MR) is 86.5 cm³/mol. The molecular weight excluding hydrogens is 268 g/mol. The van der Waals surface area contributed by atoms with Crippen LogP contribution < -0.4 is 11.1 Å². The molecule has 0 radical (unpaired) electrons. The van der Waals surface area contributed by atoms with Gasteiger partial charge in [-0.1, -0.05) is 12.1 Å². The Morgan fingerprint density at radius 3 is 2.50 bits per heavy atom. The lowest BCUT2D eigenvalue weighted by Crippen LogP contribution is -2.14. The average Bonchev–Trinajstić information content (AvgIpc) is 2.44. The van der Waals surface area contributed by atoms with E-state index in [9.17, 15) is 4.79 Å². The Hall–Kier alpha value is -1.94. The zero-order valence-electron chi connectivity index (χ0n) is 11.9. The van der Waals surface area contributed by atoms with Crippen molar-refractivity contribution < 1.29 is 4.79 Å². The van der Waals surface area contributed by atoms with Gasteiger partial charge in [0.1, 0.15) is 0 Å². The molecule has 0 aliphatic rings. The summed E-state index contributed by atoms with van der Waals surface area (Å²) in [6.07, 6.45) is 1.95. The average molecular weight is 286 g/mol. The molecule has 0 aliphatic heterocycles. The molecule has 4 heteroatoms. The van der Waals surface area contributed by atoms with E-state index < -0.39 is 0 Å². The van der Waals surface area contributed by atoms with Gasteiger partial charge in [0.15, 0.2) is 0 Å². The molecule has 0 unspecified atom stereocenters. The first-order valence-electron chi connectivity index (χ1n) is 6.34. The number of carbonyl (C=O) groups excluding carboxylic acids is 1. The molecular formula is C16H18N2OS. The first-order valence-corrected chi connectivity index (χ1v) is 7.56. The Morgan fingerprint density at radius 1 is 1.15 bits per heavy atom. The molecule has 20 heavy (non-hydrogen) atoms. The van der Waals surface area contributed by atoms with Gasteiger partial charge >= 0.3 is 0 Å². The molecule has 2 aromatic carbocycles. The van der Waals surface area contributed by atoms with Crippen LogP contribution in [0, 0.1) is 13.8 Å². The van der Waals surface area contributed by atoms with Gasteiger partial charge in [0, 0.05) is 4.90 Å². The minimum atomic E-state index is -0.134. The van der Waals surface area contributed by atoms with Crippen molar-refractivity contribution in [1.29, 1.82) is 0 Å². The number of anilines is 2. The fourth-order valence-electron chi connectivity index (χ4n) is 1.97. The highest BCUT2D eigenvalue weighted by Gasteiger charge is 2.12. The third kappa shape index (κ3) is 2.96. The Labute approximate surface area is 123 Å². The lowest BCUT2D eigenvalue weighted by molar-refractivity contribution is 0.102. The first-order chi connectivity index (χ1) is 9.52. The van der Waals surface area contributed by atoms with Crippen LogP contribution in [0.2, 0.25) is 0 Å². The van der Waals surface area contributed by atoms with Crippen LogP contribution in [0.25, 0.3) is 0 Å². The molecule has 0 bridgehead atoms. The van der Waals surface area contributed by atoms with Crippen LogP contribution in [0.15, 0.2) is 41.3 Å². The number of benzene rings is 2. The highest BCUT2D eigenvalue weighted by molar-refractivity contribution is 7.98. The van der Waals surface area contributed by atoms with E-state index in [0.29, 0.717) is 16.9 Å². The maximum Gasteiger partial charge on any atom is 0.256 e. The molecule has 0 fully saturated rings. The van der Waals surface area contributed by atoms with Crippen molar-refractivity contribution in [3.63, 3.8) is 0 Å². The SMILES string of the molecule is CSc1ccccc1C(=O)Nc1cc(C)c(C)cc1N. The monoisotopic (exact) mass is 286 g/mol. The molecule has 0 spiro atoms. The van der Waals surface area contributed by atoms with Crippen molar-refractivity contribution in [3.8, 4) is 0 Å². The van der Waals surface area contributed by atoms with E-state index in [1.165, 1.54) is 0 Å². The van der Waals surface area contributed by atoms with Gasteiger partial charge in [-0.05, 0) is 55.5 Å². The van der Waals surface area contributed by atoms with Gasteiger partial charge < -0.3 is 11.1 Å². The van der Waals surface area contributed by atoms with Crippen LogP contribution in [-0.4, -0.2) is 12.2 Å². The number of nitrogens with one attached hydrogen (secondary N) is 1. The second kappa shape index (κ2) is 6.01. The quantitative estimate of drug-likeness (QED) is 0.665. The van der Waals surface area contributed by atoms with Crippen molar-refractivity contribution >= 4 is 29.0 Å². The molecule has 104 valence electrons. The smallest absolute Gasteiger partial charge is 0.256 e. The first kappa shape index (κ1) is 14.5. The second-order valence-corrected chi connectivity index (χ2v) is 5.53. The normalized spacial score (nSPS) is 10.3. The number of carbonyl (C=O) groups is 1. The van der Waals surface area contributed by atoms with Crippen molar-refractivity contribution in [2.24, 2.45) is 0 Å². The van der Waals surface area contributed by atoms with Gasteiger partial charge in [-0.2, -0.15) is 0 Å². The Morgan fingerprint density at radius 2 is 1.80 bits per heavy atom. The van der Waals surface area contributed by atoms with Gasteiger partial charge in [-0.25, -0.2) is 0 Å². The van der Waals surface area contributed by atoms with Gasteiger partial charge in [-0.3, -0.25) is 4.79 Å². The van der Waals surface area contributed by atoms with Crippen LogP contribution in [-0.2, 0) is 0 Å². The molecule has 1 amide bonds. The molecule has 2 aromatic rings. The molecule has 3 nitrogen and oxygen atoms in total. The molecule has 3 N–H and O–H groups in total. The summed E-state index contributed by atoms with van der Waals surface area (Å²) in [4.78, 5) is 13.3. The number of hydrogen-bond acceptors (Lipinski definition) is 3. The van der Waals surface area contributed by atoms with Crippen molar-refractivity contribution in [1.82, 2.24) is 0 Å². The summed E-state index contributed by atoms with van der Waals surface area (Å²) in [6, 6.07) is 11.3. The molecule has 0 heterocycles. The Kier molecular flexibility index (Phi) is 4.35. The summed E-state index contributed by atoms with van der Waals surface area (Å²) in [6.45, 7) is 4.00. The van der Waals surface area contributed by atoms with Crippen LogP contribution in [0.4, 0.5) is 11.4 Å². The number of rotatable bonds is 3. The second-order valence-electron chi connectivity index (χ2n) is 4.68. The van der Waals surface area contributed by atoms with Crippen molar-refractivity contribution in [2.75, 3.05) is 17.3 Å². The summed E-state index contributed by atoms with van der Waals surface area (Å²) >= 11 is 1.55. The molecule has 2 rings (SSSR count). The van der Waals surface area contributed by atoms with E-state index in [1.807, 2.05) is 56.5 Å². The lowest BCUT2D eigenvalue weighted by Gasteiger charge is -2.12. The van der Waals surface area contributed by atoms with Crippen LogP contribution in [0.5, 0.6) is 0 Å². The van der Waals surface area contributed by atoms with Crippen molar-refractivity contribution in [2.45, 2.75) is 18.7 Å². The summed E-state index contributed by atoms with van der Waals surface area (Å²) in [5.74, 6) is -0.134. The lowest BCUT2D eigenvalue weighted by atomic mass is 10.1. The van der Waals surface area contributed by atoms with Crippen LogP contribution in [0.3, 0.4) is 0 Å². The maximum absolute atomic E-state index is 12.4. The minimum absolute atomic E-state index is 0.134. The zero-order valence-corrected chi connectivity index (χ0v) is 12.7. The van der Waals surface area contributed by atoms with Gasteiger partial charge in [-0.15, -0.1) is 11.8 Å². The number of nitrogens with two attached hydrogens (primary N) is 1. The van der Waals surface area contributed by atoms with Crippen LogP contribution in [0.1, 0.15) is 21.5 Å². The molecule has 0 aromatic heterocycles. The summed E-state index contributed by atoms with van der Waals surface area (Å²) in [5.41, 5.74) is 10.1. The van der Waals surface area contributed by atoms with Gasteiger partial charge in [0.2, 0.25) is 0 Å². The van der Waals surface area contributed by atoms with E-state index in [1.54, 1.807) is 11.8 Å². The summed E-state index contributed by atoms with van der Waals surface area (Å²) in [7, 11) is 0. The third-order valence-electron chi connectivity index (χ3n) is 3.27. The fraction of sp³-hybridized carbons (Fsp3) is 0.188. The number of amides is 1. The van der Waals surface area contributed by atoms with E-state index in [4.69, 9.17) is 5.73 Å². The largest absolute Gasteiger partial charge is 0.397 e. The van der Waals surface area contributed by atoms with Gasteiger partial charge in [0.25, 0.3) is 5.91 Å². The molecule has 0 saturated carbocycles. The zero-order chi connectivity index (χ0) is 14.7. The Balaban J connectivity index is 2.30. The van der Waals surface area contributed by atoms with Crippen molar-refractivity contribution in [3.05, 3.63) is 53.1 Å². The number of nitrogen functional groups attached to an aromatic ring is 1. The standard InChI is InChI=1S/C16H18N2OS/c1-10-8-13(17)14(9-11(10)2)18-16(19)12-6-4-5-7-15(12)20-3/h4-9H,17H2,1-3H3,(H,18,19). The van der Waals surface area contributed by atoms with E-state index in [-0.39, 0.29) is 5.91 Å². The highest BCUT2D eigenvalue weighted by atomic mass is 32.2. The van der Waals surface area contributed by atoms with E-state index >= 15 is 0 Å². The Bertz CT molecular complexity index is 653. The summed E-state index contributed by atoms with van der Waals surface area (Å²) < 4.78 is 0. The molecule has 0 aliphatic carbocycles. The van der Waals surface area contributed by atoms with Gasteiger partial charge in [0.05, 0.1) is 16.9 Å². The molecule has 0 atom stereocenters. The third-order valence-corrected chi connectivity index (χ3v) is 4.06. The predicted octanol–water partition coefficient (Wildman–Crippen LogP) is 3.86. The maximum atomic E-state index is 12.4. The van der Waals surface area contributed by atoms with E-state index in [2.05, 4.69) is 5.32 Å².